The molecule has 2 rings (SSSR count). The van der Waals surface area contributed by atoms with Crippen LogP contribution in [0, 0.1) is 0 Å². The van der Waals surface area contributed by atoms with E-state index < -0.39 is 0 Å². The number of unbranched alkanes of at least 4 members (excludes halogenated alkanes) is 1. The Morgan fingerprint density at radius 1 is 1.28 bits per heavy atom. The Labute approximate surface area is 113 Å². The van der Waals surface area contributed by atoms with Gasteiger partial charge in [0.2, 0.25) is 5.95 Å². The van der Waals surface area contributed by atoms with Gasteiger partial charge in [-0.2, -0.15) is 0 Å². The highest BCUT2D eigenvalue weighted by Crippen LogP contribution is 2.13. The van der Waals surface area contributed by atoms with E-state index in [1.807, 2.05) is 36.7 Å². The molecule has 0 aliphatic rings. The molecule has 0 spiro atoms. The van der Waals surface area contributed by atoms with Gasteiger partial charge in [0.25, 0.3) is 0 Å². The van der Waals surface area contributed by atoms with Crippen molar-refractivity contribution in [2.24, 2.45) is 0 Å². The summed E-state index contributed by atoms with van der Waals surface area (Å²) in [5.41, 5.74) is 1.22. The van der Waals surface area contributed by atoms with Crippen LogP contribution in [0.3, 0.4) is 0 Å². The van der Waals surface area contributed by atoms with Gasteiger partial charge in [-0.1, -0.05) is 37.1 Å². The lowest BCUT2D eigenvalue weighted by Gasteiger charge is -2.09. The van der Waals surface area contributed by atoms with Gasteiger partial charge < -0.3 is 9.88 Å². The van der Waals surface area contributed by atoms with E-state index in [1.165, 1.54) is 12.0 Å². The van der Waals surface area contributed by atoms with Crippen LogP contribution in [0.2, 0.25) is 5.02 Å². The van der Waals surface area contributed by atoms with Gasteiger partial charge in [-0.05, 0) is 24.1 Å². The van der Waals surface area contributed by atoms with Crippen LogP contribution in [-0.4, -0.2) is 16.1 Å². The second-order valence-corrected chi connectivity index (χ2v) is 4.72. The number of nitrogens with zero attached hydrogens (tertiary/aromatic N) is 2. The van der Waals surface area contributed by atoms with Crippen LogP contribution < -0.4 is 5.32 Å². The van der Waals surface area contributed by atoms with Crippen LogP contribution >= 0.6 is 11.6 Å². The summed E-state index contributed by atoms with van der Waals surface area (Å²) >= 11 is 5.88. The van der Waals surface area contributed by atoms with Gasteiger partial charge in [0.05, 0.1) is 6.54 Å². The Bertz CT molecular complexity index is 476. The van der Waals surface area contributed by atoms with Crippen LogP contribution in [0.4, 0.5) is 5.95 Å². The van der Waals surface area contributed by atoms with E-state index in [4.69, 9.17) is 11.6 Å². The largest absolute Gasteiger partial charge is 0.356 e. The first-order chi connectivity index (χ1) is 8.79. The molecule has 0 saturated carbocycles. The first-order valence-corrected chi connectivity index (χ1v) is 6.67. The van der Waals surface area contributed by atoms with Gasteiger partial charge in [-0.25, -0.2) is 4.98 Å². The number of anilines is 1. The number of nitrogens with one attached hydrogen (secondary N) is 1. The van der Waals surface area contributed by atoms with Crippen molar-refractivity contribution < 1.29 is 0 Å². The summed E-state index contributed by atoms with van der Waals surface area (Å²) in [6.45, 7) is 3.96. The maximum atomic E-state index is 5.88. The highest BCUT2D eigenvalue weighted by atomic mass is 35.5. The molecule has 0 radical (unpaired) electrons. The van der Waals surface area contributed by atoms with Crippen molar-refractivity contribution in [3.05, 3.63) is 47.2 Å². The van der Waals surface area contributed by atoms with Crippen molar-refractivity contribution in [2.75, 3.05) is 11.9 Å². The van der Waals surface area contributed by atoms with Crippen molar-refractivity contribution >= 4 is 17.5 Å². The second kappa shape index (κ2) is 6.45. The third-order valence-corrected chi connectivity index (χ3v) is 3.05. The standard InChI is InChI=1S/C14H18ClN3/c1-2-3-8-16-14-17-9-10-18(14)11-12-4-6-13(15)7-5-12/h4-7,9-10H,2-3,8,11H2,1H3,(H,16,17). The molecule has 0 aliphatic carbocycles. The van der Waals surface area contributed by atoms with Gasteiger partial charge in [0.15, 0.2) is 0 Å². The summed E-state index contributed by atoms with van der Waals surface area (Å²) in [5.74, 6) is 0.929. The number of rotatable bonds is 6. The maximum Gasteiger partial charge on any atom is 0.203 e. The molecule has 1 aromatic carbocycles. The van der Waals surface area contributed by atoms with Crippen molar-refractivity contribution in [3.8, 4) is 0 Å². The number of hydrogen-bond acceptors (Lipinski definition) is 2. The Balaban J connectivity index is 2.00. The fourth-order valence-electron chi connectivity index (χ4n) is 1.77. The molecule has 0 saturated heterocycles. The van der Waals surface area contributed by atoms with Gasteiger partial charge in [0.1, 0.15) is 0 Å². The molecule has 1 heterocycles. The van der Waals surface area contributed by atoms with E-state index >= 15 is 0 Å². The van der Waals surface area contributed by atoms with E-state index in [0.29, 0.717) is 0 Å². The molecule has 0 amide bonds. The number of benzene rings is 1. The molecule has 1 N–H and O–H groups in total. The average Bonchev–Trinajstić information content (AvgIpc) is 2.80. The van der Waals surface area contributed by atoms with Crippen molar-refractivity contribution in [1.82, 2.24) is 9.55 Å². The van der Waals surface area contributed by atoms with Crippen LogP contribution in [0.5, 0.6) is 0 Å². The molecule has 96 valence electrons. The van der Waals surface area contributed by atoms with Crippen LogP contribution in [0.15, 0.2) is 36.7 Å². The Hall–Kier alpha value is -1.48. The number of aromatic nitrogens is 2. The maximum absolute atomic E-state index is 5.88. The van der Waals surface area contributed by atoms with Crippen molar-refractivity contribution in [1.29, 1.82) is 0 Å². The lowest BCUT2D eigenvalue weighted by Crippen LogP contribution is -2.09. The van der Waals surface area contributed by atoms with E-state index in [0.717, 1.165) is 30.5 Å². The fourth-order valence-corrected chi connectivity index (χ4v) is 1.89. The number of halogens is 1. The summed E-state index contributed by atoms with van der Waals surface area (Å²) in [6, 6.07) is 7.91. The normalized spacial score (nSPS) is 10.6. The summed E-state index contributed by atoms with van der Waals surface area (Å²) < 4.78 is 2.11. The molecule has 18 heavy (non-hydrogen) atoms. The molecule has 0 bridgehead atoms. The Kier molecular flexibility index (Phi) is 4.65. The molecule has 3 nitrogen and oxygen atoms in total. The highest BCUT2D eigenvalue weighted by Gasteiger charge is 2.02. The predicted molar refractivity (Wildman–Crippen MR) is 76.2 cm³/mol. The van der Waals surface area contributed by atoms with Gasteiger partial charge in [-0.15, -0.1) is 0 Å². The summed E-state index contributed by atoms with van der Waals surface area (Å²) in [6.07, 6.45) is 6.16. The molecule has 0 unspecified atom stereocenters. The van der Waals surface area contributed by atoms with Crippen LogP contribution in [-0.2, 0) is 6.54 Å². The monoisotopic (exact) mass is 263 g/mol. The molecule has 0 aliphatic heterocycles. The quantitative estimate of drug-likeness (QED) is 0.804. The van der Waals surface area contributed by atoms with Gasteiger partial charge in [-0.3, -0.25) is 0 Å². The smallest absolute Gasteiger partial charge is 0.203 e. The predicted octanol–water partition coefficient (Wildman–Crippen LogP) is 3.80. The van der Waals surface area contributed by atoms with E-state index in [9.17, 15) is 0 Å². The third kappa shape index (κ3) is 3.50. The molecular formula is C14H18ClN3. The molecule has 4 heteroatoms. The Morgan fingerprint density at radius 2 is 2.06 bits per heavy atom. The van der Waals surface area contributed by atoms with Gasteiger partial charge in [0, 0.05) is 24.0 Å². The van der Waals surface area contributed by atoms with Crippen molar-refractivity contribution in [2.45, 2.75) is 26.3 Å². The molecule has 1 aromatic heterocycles. The molecule has 0 atom stereocenters. The van der Waals surface area contributed by atoms with E-state index in [-0.39, 0.29) is 0 Å². The topological polar surface area (TPSA) is 29.9 Å². The van der Waals surface area contributed by atoms with E-state index in [2.05, 4.69) is 21.8 Å². The lowest BCUT2D eigenvalue weighted by molar-refractivity contribution is 0.775. The van der Waals surface area contributed by atoms with E-state index in [1.54, 1.807) is 0 Å². The Morgan fingerprint density at radius 3 is 2.78 bits per heavy atom. The van der Waals surface area contributed by atoms with Crippen molar-refractivity contribution in [3.63, 3.8) is 0 Å². The lowest BCUT2D eigenvalue weighted by atomic mass is 10.2. The molecular weight excluding hydrogens is 246 g/mol. The van der Waals surface area contributed by atoms with Crippen LogP contribution in [0.25, 0.3) is 0 Å². The summed E-state index contributed by atoms with van der Waals surface area (Å²) in [4.78, 5) is 4.33. The number of imidazole rings is 1. The minimum absolute atomic E-state index is 0.769. The molecule has 0 fully saturated rings. The first-order valence-electron chi connectivity index (χ1n) is 6.29. The minimum atomic E-state index is 0.769. The minimum Gasteiger partial charge on any atom is -0.356 e. The SMILES string of the molecule is CCCCNc1nccn1Cc1ccc(Cl)cc1. The summed E-state index contributed by atoms with van der Waals surface area (Å²) in [5, 5.41) is 4.12. The fraction of sp³-hybridized carbons (Fsp3) is 0.357. The zero-order valence-electron chi connectivity index (χ0n) is 10.6. The zero-order valence-corrected chi connectivity index (χ0v) is 11.3. The first kappa shape index (κ1) is 13.0. The van der Waals surface area contributed by atoms with Crippen LogP contribution in [0.1, 0.15) is 25.3 Å². The zero-order chi connectivity index (χ0) is 12.8. The number of hydrogen-bond donors (Lipinski definition) is 1. The van der Waals surface area contributed by atoms with Gasteiger partial charge >= 0.3 is 0 Å². The third-order valence-electron chi connectivity index (χ3n) is 2.80. The molecule has 2 aromatic rings. The summed E-state index contributed by atoms with van der Waals surface area (Å²) in [7, 11) is 0. The average molecular weight is 264 g/mol. The highest BCUT2D eigenvalue weighted by molar-refractivity contribution is 6.30. The second-order valence-electron chi connectivity index (χ2n) is 4.29.